The van der Waals surface area contributed by atoms with E-state index in [2.05, 4.69) is 49.9 Å². The second-order valence-electron chi connectivity index (χ2n) is 7.94. The highest BCUT2D eigenvalue weighted by molar-refractivity contribution is 6.08. The molecule has 1 saturated heterocycles. The van der Waals surface area contributed by atoms with Crippen LogP contribution >= 0.6 is 0 Å². The summed E-state index contributed by atoms with van der Waals surface area (Å²) in [5.74, 6) is 2.29. The molecule has 1 aromatic carbocycles. The van der Waals surface area contributed by atoms with Gasteiger partial charge in [-0.3, -0.25) is 19.6 Å². The maximum Gasteiger partial charge on any atom is 0.256 e. The van der Waals surface area contributed by atoms with Crippen LogP contribution in [0.2, 0.25) is 0 Å². The number of likely N-dealkylation sites (N-methyl/N-ethyl adjacent to an activating group) is 1. The van der Waals surface area contributed by atoms with Gasteiger partial charge in [-0.2, -0.15) is 0 Å². The average Bonchev–Trinajstić information content (AvgIpc) is 3.24. The van der Waals surface area contributed by atoms with Crippen LogP contribution in [0.5, 0.6) is 0 Å². The molecule has 0 aromatic heterocycles. The molecular weight excluding hydrogens is 310 g/mol. The standard InChI is InChI=1S/C21H29N3O/c1-4-19-22-21(20(25)24(19)5-2)11-10-17-13-23(14-18(17)21)12-16-8-6-15(3)7-9-16/h6-9,17-18H,4-5,10-14H2,1-3H3/t17-,18+,21-/m0/s1. The first-order chi connectivity index (χ1) is 12.1. The lowest BCUT2D eigenvalue weighted by Gasteiger charge is -2.28. The van der Waals surface area contributed by atoms with E-state index in [1.54, 1.807) is 0 Å². The first-order valence-electron chi connectivity index (χ1n) is 9.76. The third-order valence-electron chi connectivity index (χ3n) is 6.44. The number of rotatable bonds is 4. The number of benzene rings is 1. The maximum atomic E-state index is 13.2. The van der Waals surface area contributed by atoms with Crippen LogP contribution in [0.1, 0.15) is 44.2 Å². The van der Waals surface area contributed by atoms with Crippen LogP contribution in [0.25, 0.3) is 0 Å². The quantitative estimate of drug-likeness (QED) is 0.844. The second kappa shape index (κ2) is 6.24. The summed E-state index contributed by atoms with van der Waals surface area (Å²) in [4.78, 5) is 22.7. The van der Waals surface area contributed by atoms with E-state index in [0.29, 0.717) is 11.8 Å². The van der Waals surface area contributed by atoms with Crippen LogP contribution in [0, 0.1) is 18.8 Å². The third-order valence-corrected chi connectivity index (χ3v) is 6.44. The van der Waals surface area contributed by atoms with Crippen molar-refractivity contribution in [1.29, 1.82) is 0 Å². The molecule has 4 heteroatoms. The normalized spacial score (nSPS) is 31.9. The molecule has 1 aliphatic carbocycles. The molecule has 0 N–H and O–H groups in total. The number of carbonyl (C=O) groups is 1. The first kappa shape index (κ1) is 16.8. The minimum atomic E-state index is -0.450. The summed E-state index contributed by atoms with van der Waals surface area (Å²) in [5, 5.41) is 0. The van der Waals surface area contributed by atoms with Gasteiger partial charge in [-0.25, -0.2) is 0 Å². The van der Waals surface area contributed by atoms with Crippen molar-refractivity contribution in [2.75, 3.05) is 19.6 Å². The Kier molecular flexibility index (Phi) is 4.19. The van der Waals surface area contributed by atoms with Crippen LogP contribution in [0.3, 0.4) is 0 Å². The van der Waals surface area contributed by atoms with Crippen LogP contribution in [-0.4, -0.2) is 46.7 Å². The molecule has 1 saturated carbocycles. The van der Waals surface area contributed by atoms with Crippen molar-refractivity contribution >= 4 is 11.7 Å². The van der Waals surface area contributed by atoms with Crippen molar-refractivity contribution in [2.45, 2.75) is 52.1 Å². The van der Waals surface area contributed by atoms with Crippen LogP contribution in [-0.2, 0) is 11.3 Å². The Morgan fingerprint density at radius 3 is 2.60 bits per heavy atom. The minimum absolute atomic E-state index is 0.275. The Hall–Kier alpha value is -1.68. The molecule has 2 heterocycles. The number of aliphatic imine (C=N–C) groups is 1. The lowest BCUT2D eigenvalue weighted by atomic mass is 9.85. The van der Waals surface area contributed by atoms with Gasteiger partial charge in [-0.1, -0.05) is 36.8 Å². The zero-order chi connectivity index (χ0) is 17.6. The fraction of sp³-hybridized carbons (Fsp3) is 0.619. The van der Waals surface area contributed by atoms with Gasteiger partial charge in [0.05, 0.1) is 0 Å². The van der Waals surface area contributed by atoms with Gasteiger partial charge in [0.15, 0.2) is 0 Å². The zero-order valence-electron chi connectivity index (χ0n) is 15.7. The monoisotopic (exact) mass is 339 g/mol. The summed E-state index contributed by atoms with van der Waals surface area (Å²) < 4.78 is 0. The SMILES string of the molecule is CCC1=N[C@]2(CC[C@H]3CN(Cc4ccc(C)cc4)C[C@H]32)C(=O)N1CC. The van der Waals surface area contributed by atoms with Gasteiger partial charge >= 0.3 is 0 Å². The summed E-state index contributed by atoms with van der Waals surface area (Å²) in [6, 6.07) is 8.83. The topological polar surface area (TPSA) is 35.9 Å². The Labute approximate surface area is 150 Å². The highest BCUT2D eigenvalue weighted by Gasteiger charge is 2.60. The molecule has 4 nitrogen and oxygen atoms in total. The van der Waals surface area contributed by atoms with Crippen LogP contribution < -0.4 is 0 Å². The number of aryl methyl sites for hydroxylation is 1. The van der Waals surface area contributed by atoms with Crippen molar-refractivity contribution < 1.29 is 4.79 Å². The fourth-order valence-electron chi connectivity index (χ4n) is 5.16. The first-order valence-corrected chi connectivity index (χ1v) is 9.76. The van der Waals surface area contributed by atoms with Gasteiger partial charge in [0.25, 0.3) is 5.91 Å². The van der Waals surface area contributed by atoms with E-state index >= 15 is 0 Å². The number of nitrogens with zero attached hydrogens (tertiary/aromatic N) is 3. The summed E-state index contributed by atoms with van der Waals surface area (Å²) in [6.45, 7) is 10.1. The molecule has 25 heavy (non-hydrogen) atoms. The van der Waals surface area contributed by atoms with Gasteiger partial charge in [-0.15, -0.1) is 0 Å². The predicted octanol–water partition coefficient (Wildman–Crippen LogP) is 3.25. The minimum Gasteiger partial charge on any atom is -0.299 e. The van der Waals surface area contributed by atoms with Crippen molar-refractivity contribution in [3.05, 3.63) is 35.4 Å². The summed E-state index contributed by atoms with van der Waals surface area (Å²) >= 11 is 0. The van der Waals surface area contributed by atoms with Crippen LogP contribution in [0.4, 0.5) is 0 Å². The van der Waals surface area contributed by atoms with Crippen LogP contribution in [0.15, 0.2) is 29.3 Å². The van der Waals surface area contributed by atoms with Gasteiger partial charge in [0.1, 0.15) is 11.4 Å². The summed E-state index contributed by atoms with van der Waals surface area (Å²) in [6.07, 6.45) is 2.93. The molecule has 2 aliphatic heterocycles. The van der Waals surface area contributed by atoms with E-state index in [0.717, 1.165) is 51.3 Å². The van der Waals surface area contributed by atoms with E-state index < -0.39 is 5.54 Å². The van der Waals surface area contributed by atoms with E-state index in [1.165, 1.54) is 11.1 Å². The number of fused-ring (bicyclic) bond motifs is 2. The lowest BCUT2D eigenvalue weighted by molar-refractivity contribution is -0.132. The maximum absolute atomic E-state index is 13.2. The Morgan fingerprint density at radius 1 is 1.20 bits per heavy atom. The highest BCUT2D eigenvalue weighted by Crippen LogP contribution is 2.50. The zero-order valence-corrected chi connectivity index (χ0v) is 15.7. The molecule has 1 amide bonds. The van der Waals surface area contributed by atoms with E-state index in [1.807, 2.05) is 4.90 Å². The molecule has 134 valence electrons. The van der Waals surface area contributed by atoms with Gasteiger partial charge in [-0.05, 0) is 38.2 Å². The van der Waals surface area contributed by atoms with Gasteiger partial charge in [0.2, 0.25) is 0 Å². The molecule has 0 bridgehead atoms. The fourth-order valence-corrected chi connectivity index (χ4v) is 5.16. The number of carbonyl (C=O) groups excluding carboxylic acids is 1. The second-order valence-corrected chi connectivity index (χ2v) is 7.94. The molecule has 1 spiro atoms. The molecule has 0 unspecified atom stereocenters. The van der Waals surface area contributed by atoms with E-state index in [9.17, 15) is 4.79 Å². The van der Waals surface area contributed by atoms with E-state index in [4.69, 9.17) is 4.99 Å². The third kappa shape index (κ3) is 2.62. The number of amidine groups is 1. The largest absolute Gasteiger partial charge is 0.299 e. The number of likely N-dealkylation sites (tertiary alicyclic amines) is 1. The van der Waals surface area contributed by atoms with E-state index in [-0.39, 0.29) is 5.91 Å². The Bertz CT molecular complexity index is 696. The number of hydrogen-bond donors (Lipinski definition) is 0. The molecule has 0 radical (unpaired) electrons. The van der Waals surface area contributed by atoms with Crippen molar-refractivity contribution in [2.24, 2.45) is 16.8 Å². The highest BCUT2D eigenvalue weighted by atomic mass is 16.2. The molecule has 3 atom stereocenters. The molecule has 2 fully saturated rings. The van der Waals surface area contributed by atoms with Gasteiger partial charge < -0.3 is 0 Å². The molecule has 1 aromatic rings. The summed E-state index contributed by atoms with van der Waals surface area (Å²) in [7, 11) is 0. The molecular formula is C21H29N3O. The van der Waals surface area contributed by atoms with Crippen molar-refractivity contribution in [1.82, 2.24) is 9.80 Å². The Morgan fingerprint density at radius 2 is 1.96 bits per heavy atom. The van der Waals surface area contributed by atoms with Crippen molar-refractivity contribution in [3.8, 4) is 0 Å². The lowest BCUT2D eigenvalue weighted by Crippen LogP contribution is -2.46. The number of amides is 1. The smallest absolute Gasteiger partial charge is 0.256 e. The molecule has 4 rings (SSSR count). The molecule has 3 aliphatic rings. The predicted molar refractivity (Wildman–Crippen MR) is 101 cm³/mol. The average molecular weight is 339 g/mol. The van der Waals surface area contributed by atoms with Gasteiger partial charge in [0, 0.05) is 38.5 Å². The summed E-state index contributed by atoms with van der Waals surface area (Å²) in [5.41, 5.74) is 2.22. The van der Waals surface area contributed by atoms with Crippen molar-refractivity contribution in [3.63, 3.8) is 0 Å². The number of hydrogen-bond acceptors (Lipinski definition) is 3. The Balaban J connectivity index is 1.53.